The third kappa shape index (κ3) is 0.164. The minimum Gasteiger partial charge on any atom is -0.303 e. The molecule has 6 saturated carbocycles. The molecule has 4 atom stereocenters. The lowest BCUT2D eigenvalue weighted by Crippen LogP contribution is -3.12. The van der Waals surface area contributed by atoms with Crippen molar-refractivity contribution in [2.24, 2.45) is 40.9 Å². The van der Waals surface area contributed by atoms with Crippen molar-refractivity contribution in [3.63, 3.8) is 0 Å². The maximum absolute atomic E-state index is 11.0. The van der Waals surface area contributed by atoms with Crippen molar-refractivity contribution in [1.82, 2.24) is 0 Å². The Morgan fingerprint density at radius 1 is 1.09 bits per heavy atom. The van der Waals surface area contributed by atoms with Gasteiger partial charge in [0, 0.05) is 9.74 Å². The summed E-state index contributed by atoms with van der Waals surface area (Å²) in [5.41, 5.74) is 0.182. The molecule has 0 amide bonds. The van der Waals surface area contributed by atoms with Crippen molar-refractivity contribution in [3.8, 4) is 0 Å². The van der Waals surface area contributed by atoms with E-state index in [-0.39, 0.29) is 5.41 Å². The maximum atomic E-state index is 11.0. The molecule has 1 nitrogen and oxygen atoms in total. The van der Waals surface area contributed by atoms with Crippen LogP contribution in [0.25, 0.3) is 0 Å². The van der Waals surface area contributed by atoms with E-state index >= 15 is 0 Å². The van der Waals surface area contributed by atoms with E-state index in [2.05, 4.69) is 15.9 Å². The number of halogens is 1. The van der Waals surface area contributed by atoms with Gasteiger partial charge in [0.1, 0.15) is 6.29 Å². The van der Waals surface area contributed by atoms with Gasteiger partial charge >= 0.3 is 0 Å². The predicted octanol–water partition coefficient (Wildman–Crippen LogP) is 1.07. The van der Waals surface area contributed by atoms with Crippen molar-refractivity contribution >= 4 is 22.2 Å². The van der Waals surface area contributed by atoms with E-state index < -0.39 is 0 Å². The van der Waals surface area contributed by atoms with E-state index in [0.717, 1.165) is 35.5 Å². The highest BCUT2D eigenvalue weighted by atomic mass is 79.9. The van der Waals surface area contributed by atoms with Crippen molar-refractivity contribution in [1.29, 1.82) is 0 Å². The fraction of sp³-hybridized carbons (Fsp3) is 0.889. The fourth-order valence-corrected chi connectivity index (χ4v) is 7.54. The summed E-state index contributed by atoms with van der Waals surface area (Å²) in [6.07, 6.45) is 1.27. The van der Waals surface area contributed by atoms with Gasteiger partial charge in [-0.3, -0.25) is 0 Å². The van der Waals surface area contributed by atoms with E-state index in [1.54, 1.807) is 0 Å². The van der Waals surface area contributed by atoms with Crippen LogP contribution in [0.15, 0.2) is 0 Å². The molecule has 4 unspecified atom stereocenters. The van der Waals surface area contributed by atoms with Crippen molar-refractivity contribution in [2.45, 2.75) is 4.32 Å². The molecule has 0 bridgehead atoms. The average molecular weight is 211 g/mol. The molecule has 56 valence electrons. The Morgan fingerprint density at radius 3 is 2.00 bits per heavy atom. The van der Waals surface area contributed by atoms with Crippen molar-refractivity contribution in [3.05, 3.63) is 0 Å². The Kier molecular flexibility index (Phi) is 0.398. The van der Waals surface area contributed by atoms with Gasteiger partial charge in [-0.2, -0.15) is 0 Å². The molecule has 6 rings (SSSR count). The summed E-state index contributed by atoms with van der Waals surface area (Å²) >= 11 is 3.81. The maximum Gasteiger partial charge on any atom is 0.128 e. The normalized spacial score (nSPS) is 95.0. The van der Waals surface area contributed by atoms with Crippen LogP contribution in [0.2, 0.25) is 0 Å². The molecule has 6 fully saturated rings. The molecule has 2 heteroatoms. The Morgan fingerprint density at radius 2 is 1.64 bits per heavy atom. The van der Waals surface area contributed by atoms with Gasteiger partial charge in [0.05, 0.1) is 0 Å². The van der Waals surface area contributed by atoms with Gasteiger partial charge < -0.3 is 4.79 Å². The van der Waals surface area contributed by atoms with Gasteiger partial charge in [0.2, 0.25) is 0 Å². The van der Waals surface area contributed by atoms with Crippen LogP contribution in [0.3, 0.4) is 0 Å². The first-order valence-corrected chi connectivity index (χ1v) is 5.24. The van der Waals surface area contributed by atoms with Crippen LogP contribution < -0.4 is 0 Å². The number of rotatable bonds is 1. The van der Waals surface area contributed by atoms with Crippen LogP contribution in [0, 0.1) is 40.9 Å². The number of alkyl halides is 1. The highest BCUT2D eigenvalue weighted by Crippen LogP contribution is 3.08. The van der Waals surface area contributed by atoms with Gasteiger partial charge in [0.25, 0.3) is 0 Å². The molecule has 0 N–H and O–H groups in total. The summed E-state index contributed by atoms with van der Waals surface area (Å²) in [7, 11) is 0. The summed E-state index contributed by atoms with van der Waals surface area (Å²) in [6.45, 7) is 0. The molecular formula is C9H7BrO. The molecule has 0 aromatic rings. The lowest BCUT2D eigenvalue weighted by atomic mass is 8.96. The first-order chi connectivity index (χ1) is 5.30. The molecule has 0 radical (unpaired) electrons. The number of hydrogen-bond acceptors (Lipinski definition) is 1. The highest BCUT2D eigenvalue weighted by molar-refractivity contribution is 9.10. The van der Waals surface area contributed by atoms with Gasteiger partial charge in [-0.05, 0) is 35.5 Å². The zero-order valence-electron chi connectivity index (χ0n) is 5.83. The second kappa shape index (κ2) is 0.876. The van der Waals surface area contributed by atoms with Crippen molar-refractivity contribution in [2.75, 3.05) is 0 Å². The lowest BCUT2D eigenvalue weighted by molar-refractivity contribution is -0.570. The zero-order chi connectivity index (χ0) is 7.17. The Labute approximate surface area is 72.7 Å². The van der Waals surface area contributed by atoms with Crippen LogP contribution in [0.1, 0.15) is 0 Å². The summed E-state index contributed by atoms with van der Waals surface area (Å²) in [5, 5.41) is 0. The fourth-order valence-electron chi connectivity index (χ4n) is 5.74. The van der Waals surface area contributed by atoms with Crippen LogP contribution in [0.5, 0.6) is 0 Å². The van der Waals surface area contributed by atoms with Crippen LogP contribution >= 0.6 is 15.9 Å². The molecule has 0 aromatic carbocycles. The number of carbonyl (C=O) groups is 1. The second-order valence-electron chi connectivity index (χ2n) is 5.08. The van der Waals surface area contributed by atoms with E-state index in [1.165, 1.54) is 6.29 Å². The first kappa shape index (κ1) is 5.00. The molecule has 0 heterocycles. The third-order valence-electron chi connectivity index (χ3n) is 5.81. The van der Waals surface area contributed by atoms with E-state index in [0.29, 0.717) is 4.32 Å². The minimum absolute atomic E-state index is 0.182. The number of hydrogen-bond donors (Lipinski definition) is 0. The van der Waals surface area contributed by atoms with Crippen molar-refractivity contribution < 1.29 is 4.79 Å². The van der Waals surface area contributed by atoms with Gasteiger partial charge in [-0.25, -0.2) is 0 Å². The molecule has 0 spiro atoms. The molecular weight excluding hydrogens is 204 g/mol. The van der Waals surface area contributed by atoms with Crippen LogP contribution in [-0.2, 0) is 4.79 Å². The quantitative estimate of drug-likeness (QED) is 0.468. The monoisotopic (exact) mass is 210 g/mol. The highest BCUT2D eigenvalue weighted by Gasteiger charge is 3.10. The topological polar surface area (TPSA) is 17.1 Å². The van der Waals surface area contributed by atoms with Gasteiger partial charge in [0.15, 0.2) is 0 Å². The summed E-state index contributed by atoms with van der Waals surface area (Å²) < 4.78 is 0.358. The summed E-state index contributed by atoms with van der Waals surface area (Å²) in [5.74, 6) is 5.67. The standard InChI is InChI=1S/C9H7BrO/c10-9-6-3-2-4(6)8(9,1-11)5(2)7(3)9/h1-7H. The molecule has 0 saturated heterocycles. The summed E-state index contributed by atoms with van der Waals surface area (Å²) in [4.78, 5) is 11.0. The molecule has 6 aliphatic carbocycles. The zero-order valence-corrected chi connectivity index (χ0v) is 7.41. The van der Waals surface area contributed by atoms with Gasteiger partial charge in [-0.1, -0.05) is 15.9 Å². The average Bonchev–Trinajstić information content (AvgIpc) is 2.04. The first-order valence-electron chi connectivity index (χ1n) is 4.45. The SMILES string of the molecule is O=CC12C3C4C5C3C1(Br)C5C42. The lowest BCUT2D eigenvalue weighted by Gasteiger charge is -3.09. The van der Waals surface area contributed by atoms with Gasteiger partial charge in [-0.15, -0.1) is 0 Å². The van der Waals surface area contributed by atoms with E-state index in [4.69, 9.17) is 0 Å². The second-order valence-corrected chi connectivity index (χ2v) is 6.39. The Bertz CT molecular complexity index is 316. The third-order valence-corrected chi connectivity index (χ3v) is 7.55. The number of aldehydes is 1. The summed E-state index contributed by atoms with van der Waals surface area (Å²) in [6, 6.07) is 0. The van der Waals surface area contributed by atoms with E-state index in [1.807, 2.05) is 0 Å². The Balaban J connectivity index is 1.86. The molecule has 11 heavy (non-hydrogen) atoms. The largest absolute Gasteiger partial charge is 0.303 e. The van der Waals surface area contributed by atoms with Crippen LogP contribution in [0.4, 0.5) is 0 Å². The minimum atomic E-state index is 0.182. The predicted molar refractivity (Wildman–Crippen MR) is 41.1 cm³/mol. The molecule has 0 aromatic heterocycles. The van der Waals surface area contributed by atoms with Crippen LogP contribution in [-0.4, -0.2) is 10.6 Å². The molecule has 6 aliphatic rings. The Hall–Kier alpha value is 0.150. The number of carbonyl (C=O) groups excluding carboxylic acids is 1. The van der Waals surface area contributed by atoms with E-state index in [9.17, 15) is 4.79 Å². The molecule has 0 aliphatic heterocycles. The smallest absolute Gasteiger partial charge is 0.128 e.